The Morgan fingerprint density at radius 2 is 2.00 bits per heavy atom. The molecule has 1 aromatic heterocycles. The van der Waals surface area contributed by atoms with Crippen LogP contribution < -0.4 is 5.14 Å². The molecule has 2 aromatic rings. The van der Waals surface area contributed by atoms with E-state index >= 15 is 0 Å². The highest BCUT2D eigenvalue weighted by atomic mass is 32.2. The topological polar surface area (TPSA) is 100 Å². The Kier molecular flexibility index (Phi) is 3.52. The highest BCUT2D eigenvalue weighted by Crippen LogP contribution is 2.32. The second kappa shape index (κ2) is 5.21. The van der Waals surface area contributed by atoms with E-state index in [9.17, 15) is 8.42 Å². The summed E-state index contributed by atoms with van der Waals surface area (Å²) in [4.78, 5) is 0. The van der Waals surface area contributed by atoms with E-state index < -0.39 is 10.0 Å². The van der Waals surface area contributed by atoms with Gasteiger partial charge in [0.15, 0.2) is 0 Å². The summed E-state index contributed by atoms with van der Waals surface area (Å²) in [5, 5.41) is 12.9. The summed E-state index contributed by atoms with van der Waals surface area (Å²) in [6.07, 6.45) is 0.738. The third-order valence-corrected chi connectivity index (χ3v) is 4.41. The number of nitrogens with two attached hydrogens (primary N) is 1. The Morgan fingerprint density at radius 1 is 1.29 bits per heavy atom. The van der Waals surface area contributed by atoms with E-state index in [-0.39, 0.29) is 17.2 Å². The van der Waals surface area contributed by atoms with Gasteiger partial charge in [0.2, 0.25) is 0 Å². The fraction of sp³-hybridized carbons (Fsp3) is 0.385. The molecule has 0 bridgehead atoms. The van der Waals surface area contributed by atoms with Crippen molar-refractivity contribution in [1.82, 2.24) is 14.8 Å². The Bertz CT molecular complexity index is 742. The second-order valence-electron chi connectivity index (χ2n) is 5.03. The van der Waals surface area contributed by atoms with E-state index in [4.69, 9.17) is 9.88 Å². The molecule has 3 rings (SSSR count). The van der Waals surface area contributed by atoms with E-state index in [0.717, 1.165) is 6.42 Å². The van der Waals surface area contributed by atoms with E-state index in [1.807, 2.05) is 25.1 Å². The summed E-state index contributed by atoms with van der Waals surface area (Å²) in [7, 11) is -3.96. The molecule has 2 atom stereocenters. The monoisotopic (exact) mass is 308 g/mol. The standard InChI is InChI=1S/C13H16N4O3S/c1-9-11(7-8-20-9)12-15-16-13(21(14,18)19)17(12)10-5-3-2-4-6-10/h2-6,9,11H,7-8H2,1H3,(H2,14,18,19). The zero-order valence-electron chi connectivity index (χ0n) is 11.5. The van der Waals surface area contributed by atoms with Gasteiger partial charge in [-0.15, -0.1) is 10.2 Å². The Labute approximate surface area is 122 Å². The maximum atomic E-state index is 11.8. The van der Waals surface area contributed by atoms with E-state index in [0.29, 0.717) is 18.1 Å². The Balaban J connectivity index is 2.20. The van der Waals surface area contributed by atoms with E-state index in [1.54, 1.807) is 12.1 Å². The van der Waals surface area contributed by atoms with Crippen molar-refractivity contribution in [3.05, 3.63) is 36.2 Å². The van der Waals surface area contributed by atoms with Crippen molar-refractivity contribution in [1.29, 1.82) is 0 Å². The van der Waals surface area contributed by atoms with Gasteiger partial charge in [-0.3, -0.25) is 4.57 Å². The minimum atomic E-state index is -3.96. The number of para-hydroxylation sites is 1. The fourth-order valence-electron chi connectivity index (χ4n) is 2.60. The molecule has 112 valence electrons. The zero-order valence-corrected chi connectivity index (χ0v) is 12.3. The minimum Gasteiger partial charge on any atom is -0.378 e. The van der Waals surface area contributed by atoms with Gasteiger partial charge < -0.3 is 4.74 Å². The largest absolute Gasteiger partial charge is 0.378 e. The summed E-state index contributed by atoms with van der Waals surface area (Å²) in [5.41, 5.74) is 0.667. The molecule has 2 heterocycles. The molecule has 2 N–H and O–H groups in total. The molecule has 0 aliphatic carbocycles. The van der Waals surface area contributed by atoms with Crippen LogP contribution in [0.3, 0.4) is 0 Å². The van der Waals surface area contributed by atoms with Crippen molar-refractivity contribution in [2.24, 2.45) is 5.14 Å². The maximum Gasteiger partial charge on any atom is 0.274 e. The molecule has 1 saturated heterocycles. The predicted octanol–water partition coefficient (Wildman–Crippen LogP) is 0.807. The third kappa shape index (κ3) is 2.57. The van der Waals surface area contributed by atoms with Crippen molar-refractivity contribution in [3.63, 3.8) is 0 Å². The van der Waals surface area contributed by atoms with Crippen LogP contribution in [0.15, 0.2) is 35.5 Å². The highest BCUT2D eigenvalue weighted by molar-refractivity contribution is 7.89. The van der Waals surface area contributed by atoms with Crippen molar-refractivity contribution in [2.45, 2.75) is 30.5 Å². The molecule has 1 aliphatic heterocycles. The van der Waals surface area contributed by atoms with Gasteiger partial charge in [0.1, 0.15) is 5.82 Å². The lowest BCUT2D eigenvalue weighted by atomic mass is 10.0. The molecule has 0 saturated carbocycles. The van der Waals surface area contributed by atoms with Crippen LogP contribution in [0.25, 0.3) is 5.69 Å². The molecule has 21 heavy (non-hydrogen) atoms. The van der Waals surface area contributed by atoms with Crippen LogP contribution in [-0.4, -0.2) is 35.9 Å². The molecule has 1 aliphatic rings. The average Bonchev–Trinajstić information content (AvgIpc) is 3.04. The zero-order chi connectivity index (χ0) is 15.0. The lowest BCUT2D eigenvalue weighted by Crippen LogP contribution is -2.20. The van der Waals surface area contributed by atoms with Crippen LogP contribution in [0.4, 0.5) is 0 Å². The minimum absolute atomic E-state index is 0.00629. The maximum absolute atomic E-state index is 11.8. The first kappa shape index (κ1) is 14.2. The van der Waals surface area contributed by atoms with Gasteiger partial charge in [0.25, 0.3) is 15.2 Å². The van der Waals surface area contributed by atoms with Gasteiger partial charge in [-0.1, -0.05) is 18.2 Å². The molecule has 2 unspecified atom stereocenters. The number of primary sulfonamides is 1. The van der Waals surface area contributed by atoms with Crippen molar-refractivity contribution < 1.29 is 13.2 Å². The molecule has 1 fully saturated rings. The van der Waals surface area contributed by atoms with Gasteiger partial charge in [0, 0.05) is 18.2 Å². The molecular weight excluding hydrogens is 292 g/mol. The third-order valence-electron chi connectivity index (χ3n) is 3.64. The van der Waals surface area contributed by atoms with E-state index in [1.165, 1.54) is 4.57 Å². The lowest BCUT2D eigenvalue weighted by molar-refractivity contribution is 0.117. The van der Waals surface area contributed by atoms with Crippen LogP contribution in [-0.2, 0) is 14.8 Å². The van der Waals surface area contributed by atoms with Crippen LogP contribution >= 0.6 is 0 Å². The number of aromatic nitrogens is 3. The summed E-state index contributed by atoms with van der Waals surface area (Å²) < 4.78 is 30.6. The first-order valence-corrected chi connectivity index (χ1v) is 8.18. The number of rotatable bonds is 3. The Morgan fingerprint density at radius 3 is 2.57 bits per heavy atom. The quantitative estimate of drug-likeness (QED) is 0.904. The summed E-state index contributed by atoms with van der Waals surface area (Å²) in [6.45, 7) is 2.57. The number of benzene rings is 1. The normalized spacial score (nSPS) is 22.6. The van der Waals surface area contributed by atoms with Crippen LogP contribution in [0.2, 0.25) is 0 Å². The number of ether oxygens (including phenoxy) is 1. The van der Waals surface area contributed by atoms with Crippen LogP contribution in [0.1, 0.15) is 25.1 Å². The van der Waals surface area contributed by atoms with Gasteiger partial charge in [-0.25, -0.2) is 13.6 Å². The summed E-state index contributed by atoms with van der Waals surface area (Å²) >= 11 is 0. The molecule has 0 spiro atoms. The van der Waals surface area contributed by atoms with Crippen LogP contribution in [0.5, 0.6) is 0 Å². The first-order valence-electron chi connectivity index (χ1n) is 6.63. The van der Waals surface area contributed by atoms with E-state index in [2.05, 4.69) is 10.2 Å². The number of nitrogens with zero attached hydrogens (tertiary/aromatic N) is 3. The molecule has 0 amide bonds. The second-order valence-corrected chi connectivity index (χ2v) is 6.48. The predicted molar refractivity (Wildman–Crippen MR) is 75.5 cm³/mol. The highest BCUT2D eigenvalue weighted by Gasteiger charge is 2.33. The number of hydrogen-bond acceptors (Lipinski definition) is 5. The molecule has 8 heteroatoms. The fourth-order valence-corrected chi connectivity index (χ4v) is 3.20. The number of hydrogen-bond donors (Lipinski definition) is 1. The molecule has 1 aromatic carbocycles. The molecule has 7 nitrogen and oxygen atoms in total. The molecule has 0 radical (unpaired) electrons. The molecular formula is C13H16N4O3S. The summed E-state index contributed by atoms with van der Waals surface area (Å²) in [6, 6.07) is 9.08. The van der Waals surface area contributed by atoms with Crippen molar-refractivity contribution in [3.8, 4) is 5.69 Å². The number of sulfonamides is 1. The lowest BCUT2D eigenvalue weighted by Gasteiger charge is -2.16. The van der Waals surface area contributed by atoms with Gasteiger partial charge >= 0.3 is 0 Å². The van der Waals surface area contributed by atoms with Gasteiger partial charge in [0.05, 0.1) is 6.10 Å². The van der Waals surface area contributed by atoms with Gasteiger partial charge in [-0.2, -0.15) is 0 Å². The first-order chi connectivity index (χ1) is 9.98. The summed E-state index contributed by atoms with van der Waals surface area (Å²) in [5.74, 6) is 0.559. The average molecular weight is 308 g/mol. The van der Waals surface area contributed by atoms with Crippen molar-refractivity contribution in [2.75, 3.05) is 6.61 Å². The van der Waals surface area contributed by atoms with Crippen LogP contribution in [0, 0.1) is 0 Å². The Hall–Kier alpha value is -1.77. The van der Waals surface area contributed by atoms with Gasteiger partial charge in [-0.05, 0) is 25.5 Å². The SMILES string of the molecule is CC1OCCC1c1nnc(S(N)(=O)=O)n1-c1ccccc1. The van der Waals surface area contributed by atoms with Crippen molar-refractivity contribution >= 4 is 10.0 Å². The smallest absolute Gasteiger partial charge is 0.274 e.